The van der Waals surface area contributed by atoms with Gasteiger partial charge in [0.05, 0.1) is 13.5 Å². The number of amides is 1. The number of ether oxygens (including phenoxy) is 1. The molecular formula is C22H34N6O2. The molecule has 0 saturated carbocycles. The lowest BCUT2D eigenvalue weighted by molar-refractivity contribution is -0.134. The van der Waals surface area contributed by atoms with E-state index in [9.17, 15) is 4.79 Å². The first kappa shape index (κ1) is 22.2. The van der Waals surface area contributed by atoms with Crippen molar-refractivity contribution < 1.29 is 9.53 Å². The molecule has 1 amide bonds. The normalized spacial score (nSPS) is 19.5. The number of carbonyl (C=O) groups is 1. The Morgan fingerprint density at radius 1 is 1.33 bits per heavy atom. The number of aryl methyl sites for hydroxylation is 1. The first-order chi connectivity index (χ1) is 14.4. The number of rotatable bonds is 8. The Bertz CT molecular complexity index is 850. The van der Waals surface area contributed by atoms with Crippen LogP contribution >= 0.6 is 0 Å². The number of aromatic nitrogens is 4. The molecule has 1 aliphatic heterocycles. The van der Waals surface area contributed by atoms with Gasteiger partial charge in [0.15, 0.2) is 5.82 Å². The molecule has 1 saturated heterocycles. The van der Waals surface area contributed by atoms with Gasteiger partial charge in [-0.25, -0.2) is 4.68 Å². The first-order valence-electron chi connectivity index (χ1n) is 10.7. The molecule has 2 aromatic rings. The van der Waals surface area contributed by atoms with Gasteiger partial charge in [0.25, 0.3) is 0 Å². The minimum Gasteiger partial charge on any atom is -0.497 e. The van der Waals surface area contributed by atoms with Crippen molar-refractivity contribution in [2.24, 2.45) is 5.92 Å². The van der Waals surface area contributed by atoms with Crippen LogP contribution in [0, 0.1) is 5.92 Å². The number of likely N-dealkylation sites (N-methyl/N-ethyl adjacent to an activating group) is 1. The zero-order valence-electron chi connectivity index (χ0n) is 18.8. The number of nitrogens with zero attached hydrogens (tertiary/aromatic N) is 6. The Hall–Kier alpha value is -2.48. The average Bonchev–Trinajstić information content (AvgIpc) is 3.21. The van der Waals surface area contributed by atoms with Crippen molar-refractivity contribution in [1.29, 1.82) is 0 Å². The van der Waals surface area contributed by atoms with E-state index in [1.807, 2.05) is 33.8 Å². The number of carbonyl (C=O) groups excluding carboxylic acids is 1. The van der Waals surface area contributed by atoms with Gasteiger partial charge in [0, 0.05) is 19.6 Å². The molecule has 0 aliphatic carbocycles. The highest BCUT2D eigenvalue weighted by Gasteiger charge is 2.44. The van der Waals surface area contributed by atoms with E-state index < -0.39 is 0 Å². The molecule has 1 atom stereocenters. The third-order valence-electron chi connectivity index (χ3n) is 6.04. The summed E-state index contributed by atoms with van der Waals surface area (Å²) in [6.45, 7) is 6.53. The van der Waals surface area contributed by atoms with E-state index in [1.54, 1.807) is 7.11 Å². The smallest absolute Gasteiger partial charge is 0.227 e. The van der Waals surface area contributed by atoms with Gasteiger partial charge in [-0.2, -0.15) is 0 Å². The van der Waals surface area contributed by atoms with Crippen molar-refractivity contribution in [2.45, 2.75) is 51.6 Å². The summed E-state index contributed by atoms with van der Waals surface area (Å²) >= 11 is 0. The van der Waals surface area contributed by atoms with Gasteiger partial charge in [0.1, 0.15) is 11.3 Å². The molecule has 164 valence electrons. The first-order valence-corrected chi connectivity index (χ1v) is 10.7. The summed E-state index contributed by atoms with van der Waals surface area (Å²) < 4.78 is 7.22. The lowest BCUT2D eigenvalue weighted by atomic mass is 9.86. The maximum absolute atomic E-state index is 13.2. The highest BCUT2D eigenvalue weighted by molar-refractivity contribution is 5.79. The van der Waals surface area contributed by atoms with Gasteiger partial charge in [0.2, 0.25) is 5.91 Å². The second kappa shape index (κ2) is 9.55. The molecule has 1 unspecified atom stereocenters. The number of methoxy groups -OCH3 is 1. The molecule has 1 fully saturated rings. The van der Waals surface area contributed by atoms with Gasteiger partial charge in [-0.3, -0.25) is 9.69 Å². The average molecular weight is 415 g/mol. The number of benzene rings is 1. The van der Waals surface area contributed by atoms with E-state index in [-0.39, 0.29) is 11.4 Å². The Kier molecular flexibility index (Phi) is 7.07. The summed E-state index contributed by atoms with van der Waals surface area (Å²) in [5.74, 6) is 2.32. The molecule has 2 heterocycles. The van der Waals surface area contributed by atoms with Crippen LogP contribution < -0.4 is 4.74 Å². The van der Waals surface area contributed by atoms with Gasteiger partial charge < -0.3 is 9.64 Å². The Labute approximate surface area is 179 Å². The minimum atomic E-state index is -0.386. The van der Waals surface area contributed by atoms with Crippen molar-refractivity contribution in [3.05, 3.63) is 35.7 Å². The molecule has 8 heteroatoms. The standard InChI is InChI=1S/C22H34N6O2/c1-17(2)10-13-28-21(23-24-25-28)22(26(3)4)11-7-12-27(16-22)20(29)15-18-8-6-9-19(14-18)30-5/h6,8-9,14,17H,7,10-13,15-16H2,1-5H3. The fourth-order valence-corrected chi connectivity index (χ4v) is 4.13. The molecule has 0 spiro atoms. The fourth-order valence-electron chi connectivity index (χ4n) is 4.13. The van der Waals surface area contributed by atoms with Crippen LogP contribution in [0.5, 0.6) is 5.75 Å². The summed E-state index contributed by atoms with van der Waals surface area (Å²) in [5, 5.41) is 12.7. The molecule has 1 aliphatic rings. The highest BCUT2D eigenvalue weighted by Crippen LogP contribution is 2.35. The number of tetrazole rings is 1. The maximum atomic E-state index is 13.2. The summed E-state index contributed by atoms with van der Waals surface area (Å²) in [6.07, 6.45) is 3.21. The molecule has 0 radical (unpaired) electrons. The van der Waals surface area contributed by atoms with Crippen LogP contribution in [0.4, 0.5) is 0 Å². The molecular weight excluding hydrogens is 380 g/mol. The molecule has 1 aromatic carbocycles. The molecule has 1 aromatic heterocycles. The summed E-state index contributed by atoms with van der Waals surface area (Å²) in [5.41, 5.74) is 0.574. The summed E-state index contributed by atoms with van der Waals surface area (Å²) in [6, 6.07) is 7.71. The SMILES string of the molecule is COc1cccc(CC(=O)N2CCCC(c3nnnn3CCC(C)C)(N(C)C)C2)c1. The van der Waals surface area contributed by atoms with Crippen LogP contribution in [-0.2, 0) is 23.3 Å². The van der Waals surface area contributed by atoms with Crippen LogP contribution in [0.25, 0.3) is 0 Å². The molecule has 3 rings (SSSR count). The lowest BCUT2D eigenvalue weighted by Crippen LogP contribution is -2.56. The van der Waals surface area contributed by atoms with Gasteiger partial charge in [-0.05, 0) is 67.4 Å². The van der Waals surface area contributed by atoms with Crippen molar-refractivity contribution in [3.63, 3.8) is 0 Å². The number of hydrogen-bond acceptors (Lipinski definition) is 6. The predicted molar refractivity (Wildman–Crippen MR) is 115 cm³/mol. The zero-order valence-corrected chi connectivity index (χ0v) is 18.8. The van der Waals surface area contributed by atoms with E-state index in [0.29, 0.717) is 18.9 Å². The third kappa shape index (κ3) is 4.80. The largest absolute Gasteiger partial charge is 0.497 e. The zero-order chi connectivity index (χ0) is 21.7. The topological polar surface area (TPSA) is 76.4 Å². The Morgan fingerprint density at radius 3 is 2.83 bits per heavy atom. The highest BCUT2D eigenvalue weighted by atomic mass is 16.5. The Morgan fingerprint density at radius 2 is 2.13 bits per heavy atom. The van der Waals surface area contributed by atoms with Crippen LogP contribution in [0.2, 0.25) is 0 Å². The van der Waals surface area contributed by atoms with Gasteiger partial charge in [-0.15, -0.1) is 5.10 Å². The van der Waals surface area contributed by atoms with Crippen molar-refractivity contribution in [3.8, 4) is 5.75 Å². The Balaban J connectivity index is 1.80. The fraction of sp³-hybridized carbons (Fsp3) is 0.636. The number of hydrogen-bond donors (Lipinski definition) is 0. The number of likely N-dealkylation sites (tertiary alicyclic amines) is 1. The molecule has 0 N–H and O–H groups in total. The van der Waals surface area contributed by atoms with Crippen molar-refractivity contribution in [2.75, 3.05) is 34.3 Å². The molecule has 0 bridgehead atoms. The summed E-state index contributed by atoms with van der Waals surface area (Å²) in [4.78, 5) is 17.3. The molecule has 30 heavy (non-hydrogen) atoms. The van der Waals surface area contributed by atoms with Crippen LogP contribution in [-0.4, -0.2) is 70.2 Å². The lowest BCUT2D eigenvalue weighted by Gasteiger charge is -2.46. The van der Waals surface area contributed by atoms with Crippen LogP contribution in [0.3, 0.4) is 0 Å². The van der Waals surface area contributed by atoms with Gasteiger partial charge >= 0.3 is 0 Å². The van der Waals surface area contributed by atoms with E-state index >= 15 is 0 Å². The minimum absolute atomic E-state index is 0.121. The second-order valence-corrected chi connectivity index (χ2v) is 8.78. The van der Waals surface area contributed by atoms with Crippen molar-refractivity contribution >= 4 is 5.91 Å². The number of piperidine rings is 1. The van der Waals surface area contributed by atoms with E-state index in [2.05, 4.69) is 48.4 Å². The maximum Gasteiger partial charge on any atom is 0.227 e. The van der Waals surface area contributed by atoms with Crippen LogP contribution in [0.15, 0.2) is 24.3 Å². The van der Waals surface area contributed by atoms with E-state index in [0.717, 1.165) is 49.5 Å². The quantitative estimate of drug-likeness (QED) is 0.660. The van der Waals surface area contributed by atoms with Crippen molar-refractivity contribution in [1.82, 2.24) is 30.0 Å². The monoisotopic (exact) mass is 414 g/mol. The van der Waals surface area contributed by atoms with Gasteiger partial charge in [-0.1, -0.05) is 26.0 Å². The van der Waals surface area contributed by atoms with E-state index in [1.165, 1.54) is 0 Å². The second-order valence-electron chi connectivity index (χ2n) is 8.78. The predicted octanol–water partition coefficient (Wildman–Crippen LogP) is 2.35. The van der Waals surface area contributed by atoms with E-state index in [4.69, 9.17) is 4.74 Å². The molecule has 8 nitrogen and oxygen atoms in total. The summed E-state index contributed by atoms with van der Waals surface area (Å²) in [7, 11) is 5.75. The van der Waals surface area contributed by atoms with Crippen LogP contribution in [0.1, 0.15) is 44.5 Å². The third-order valence-corrected chi connectivity index (χ3v) is 6.04.